The fraction of sp³-hybridized carbons (Fsp3) is 0.167. The van der Waals surface area contributed by atoms with Crippen LogP contribution < -0.4 is 16.0 Å². The maximum atomic E-state index is 12.5. The Balaban J connectivity index is 1.72. The zero-order chi connectivity index (χ0) is 20.3. The van der Waals surface area contributed by atoms with Gasteiger partial charge in [0.15, 0.2) is 0 Å². The van der Waals surface area contributed by atoms with Crippen LogP contribution in [0.2, 0.25) is 0 Å². The SMILES string of the molecule is CC(=O)Nc1ccc(C(=O)NN2C(=O)CSC2c2ccc(N([O-])O)cc2)cc1. The van der Waals surface area contributed by atoms with E-state index >= 15 is 0 Å². The number of benzene rings is 2. The smallest absolute Gasteiger partial charge is 0.269 e. The molecule has 1 atom stereocenters. The number of thioether (sulfide) groups is 1. The lowest BCUT2D eigenvalue weighted by atomic mass is 10.2. The van der Waals surface area contributed by atoms with Crippen molar-refractivity contribution in [2.75, 3.05) is 16.3 Å². The van der Waals surface area contributed by atoms with Crippen LogP contribution in [0, 0.1) is 5.21 Å². The van der Waals surface area contributed by atoms with Crippen LogP contribution in [-0.2, 0) is 9.59 Å². The summed E-state index contributed by atoms with van der Waals surface area (Å²) in [6.45, 7) is 1.39. The van der Waals surface area contributed by atoms with Crippen molar-refractivity contribution in [1.29, 1.82) is 0 Å². The van der Waals surface area contributed by atoms with Crippen LogP contribution >= 0.6 is 11.8 Å². The number of hydrogen-bond acceptors (Lipinski definition) is 7. The minimum Gasteiger partial charge on any atom is -0.733 e. The molecule has 1 aliphatic rings. The third-order valence-electron chi connectivity index (χ3n) is 3.96. The Kier molecular flexibility index (Phi) is 5.83. The highest BCUT2D eigenvalue weighted by atomic mass is 32.2. The second kappa shape index (κ2) is 8.30. The van der Waals surface area contributed by atoms with Gasteiger partial charge in [-0.15, -0.1) is 11.8 Å². The van der Waals surface area contributed by atoms with Crippen molar-refractivity contribution in [3.63, 3.8) is 0 Å². The van der Waals surface area contributed by atoms with E-state index in [4.69, 9.17) is 5.21 Å². The van der Waals surface area contributed by atoms with E-state index in [-0.39, 0.29) is 28.5 Å². The van der Waals surface area contributed by atoms with E-state index in [1.807, 2.05) is 0 Å². The summed E-state index contributed by atoms with van der Waals surface area (Å²) in [5, 5.41) is 23.0. The molecule has 0 spiro atoms. The van der Waals surface area contributed by atoms with Crippen LogP contribution in [0.25, 0.3) is 0 Å². The van der Waals surface area contributed by atoms with Gasteiger partial charge in [0.25, 0.3) is 11.8 Å². The first kappa shape index (κ1) is 19.7. The Hall–Kier alpha value is -3.08. The van der Waals surface area contributed by atoms with Gasteiger partial charge >= 0.3 is 0 Å². The molecule has 2 aromatic rings. The highest BCUT2D eigenvalue weighted by Crippen LogP contribution is 2.37. The molecule has 2 aromatic carbocycles. The second-order valence-electron chi connectivity index (χ2n) is 5.99. The Morgan fingerprint density at radius 3 is 2.39 bits per heavy atom. The Bertz CT molecular complexity index is 886. The van der Waals surface area contributed by atoms with Gasteiger partial charge in [-0.05, 0) is 42.0 Å². The number of hydrazine groups is 1. The fourth-order valence-corrected chi connectivity index (χ4v) is 3.75. The summed E-state index contributed by atoms with van der Waals surface area (Å²) in [6.07, 6.45) is 0. The topological polar surface area (TPSA) is 125 Å². The number of rotatable bonds is 5. The minimum atomic E-state index is -0.465. The third kappa shape index (κ3) is 4.42. The van der Waals surface area contributed by atoms with Crippen LogP contribution in [0.5, 0.6) is 0 Å². The fourth-order valence-electron chi connectivity index (χ4n) is 2.64. The molecule has 10 heteroatoms. The number of hydrogen-bond donors (Lipinski definition) is 3. The van der Waals surface area contributed by atoms with Gasteiger partial charge in [-0.2, -0.15) is 0 Å². The largest absolute Gasteiger partial charge is 0.733 e. The summed E-state index contributed by atoms with van der Waals surface area (Å²) in [5.41, 5.74) is 4.26. The average molecular weight is 401 g/mol. The standard InChI is InChI=1S/C18H17N4O5S/c1-11(23)19-14-6-2-12(3-7-14)17(25)20-21-16(24)10-28-18(21)13-4-8-15(9-5-13)22(26)27/h2-9,18,26H,10H2,1H3,(H,19,23)(H,20,25)/q-1. The predicted molar refractivity (Wildman–Crippen MR) is 104 cm³/mol. The molecule has 1 fully saturated rings. The molecule has 146 valence electrons. The van der Waals surface area contributed by atoms with Crippen molar-refractivity contribution in [2.45, 2.75) is 12.3 Å². The maximum Gasteiger partial charge on any atom is 0.269 e. The highest BCUT2D eigenvalue weighted by molar-refractivity contribution is 8.00. The molecule has 3 amide bonds. The van der Waals surface area contributed by atoms with E-state index in [2.05, 4.69) is 10.7 Å². The monoisotopic (exact) mass is 401 g/mol. The second-order valence-corrected chi connectivity index (χ2v) is 7.06. The first-order valence-corrected chi connectivity index (χ1v) is 9.28. The summed E-state index contributed by atoms with van der Waals surface area (Å²) in [5.74, 6) is -0.739. The lowest BCUT2D eigenvalue weighted by molar-refractivity contribution is -0.130. The molecule has 1 unspecified atom stereocenters. The molecule has 9 nitrogen and oxygen atoms in total. The molecule has 1 heterocycles. The summed E-state index contributed by atoms with van der Waals surface area (Å²) in [6, 6.07) is 12.3. The van der Waals surface area contributed by atoms with Crippen molar-refractivity contribution < 1.29 is 19.6 Å². The number of carbonyl (C=O) groups is 3. The van der Waals surface area contributed by atoms with E-state index in [0.717, 1.165) is 0 Å². The van der Waals surface area contributed by atoms with Crippen LogP contribution in [-0.4, -0.2) is 33.7 Å². The van der Waals surface area contributed by atoms with Gasteiger partial charge in [0.05, 0.1) is 11.4 Å². The van der Waals surface area contributed by atoms with Gasteiger partial charge in [-0.25, -0.2) is 5.01 Å². The minimum absolute atomic E-state index is 0.0629. The predicted octanol–water partition coefficient (Wildman–Crippen LogP) is 2.26. The highest BCUT2D eigenvalue weighted by Gasteiger charge is 2.34. The molecule has 0 radical (unpaired) electrons. The maximum absolute atomic E-state index is 12.5. The molecule has 1 saturated heterocycles. The quantitative estimate of drug-likeness (QED) is 0.656. The van der Waals surface area contributed by atoms with Crippen LogP contribution in [0.1, 0.15) is 28.2 Å². The summed E-state index contributed by atoms with van der Waals surface area (Å²) >= 11 is 1.33. The van der Waals surface area contributed by atoms with Crippen LogP contribution in [0.15, 0.2) is 48.5 Å². The van der Waals surface area contributed by atoms with E-state index < -0.39 is 11.3 Å². The molecule has 3 rings (SSSR count). The van der Waals surface area contributed by atoms with Crippen molar-refractivity contribution in [3.8, 4) is 0 Å². The number of carbonyl (C=O) groups excluding carboxylic acids is 3. The van der Waals surface area contributed by atoms with Gasteiger partial charge in [0, 0.05) is 18.2 Å². The van der Waals surface area contributed by atoms with Crippen molar-refractivity contribution in [3.05, 3.63) is 64.9 Å². The summed E-state index contributed by atoms with van der Waals surface area (Å²) < 4.78 is 0. The molecule has 0 aromatic heterocycles. The molecule has 3 N–H and O–H groups in total. The number of nitrogens with zero attached hydrogens (tertiary/aromatic N) is 2. The van der Waals surface area contributed by atoms with Gasteiger partial charge in [0.1, 0.15) is 5.37 Å². The number of nitrogens with one attached hydrogen (secondary N) is 2. The van der Waals surface area contributed by atoms with Crippen LogP contribution in [0.4, 0.5) is 11.4 Å². The van der Waals surface area contributed by atoms with Gasteiger partial charge < -0.3 is 15.8 Å². The Morgan fingerprint density at radius 2 is 1.82 bits per heavy atom. The lowest BCUT2D eigenvalue weighted by Gasteiger charge is -2.26. The normalized spacial score (nSPS) is 16.0. The number of anilines is 2. The van der Waals surface area contributed by atoms with E-state index in [1.165, 1.54) is 35.8 Å². The Morgan fingerprint density at radius 1 is 1.18 bits per heavy atom. The third-order valence-corrected chi connectivity index (χ3v) is 5.17. The van der Waals surface area contributed by atoms with E-state index in [9.17, 15) is 19.6 Å². The van der Waals surface area contributed by atoms with E-state index in [0.29, 0.717) is 16.8 Å². The summed E-state index contributed by atoms with van der Waals surface area (Å²) in [7, 11) is 0. The van der Waals surface area contributed by atoms with Crippen molar-refractivity contribution in [2.24, 2.45) is 0 Å². The Labute approximate surface area is 164 Å². The number of amides is 3. The molecule has 0 saturated carbocycles. The molecule has 1 aliphatic heterocycles. The first-order chi connectivity index (χ1) is 13.3. The molecular weight excluding hydrogens is 384 g/mol. The zero-order valence-electron chi connectivity index (χ0n) is 14.8. The zero-order valence-corrected chi connectivity index (χ0v) is 15.6. The van der Waals surface area contributed by atoms with E-state index in [1.54, 1.807) is 36.4 Å². The molecule has 0 bridgehead atoms. The summed E-state index contributed by atoms with van der Waals surface area (Å²) in [4.78, 5) is 35.8. The van der Waals surface area contributed by atoms with Crippen LogP contribution in [0.3, 0.4) is 0 Å². The first-order valence-electron chi connectivity index (χ1n) is 8.23. The molecular formula is C18H17N4O5S-. The van der Waals surface area contributed by atoms with Gasteiger partial charge in [-0.3, -0.25) is 25.0 Å². The van der Waals surface area contributed by atoms with Crippen molar-refractivity contribution >= 4 is 40.9 Å². The van der Waals surface area contributed by atoms with Gasteiger partial charge in [-0.1, -0.05) is 12.1 Å². The molecule has 0 aliphatic carbocycles. The molecule has 28 heavy (non-hydrogen) atoms. The van der Waals surface area contributed by atoms with Crippen molar-refractivity contribution in [1.82, 2.24) is 10.4 Å². The average Bonchev–Trinajstić information content (AvgIpc) is 3.02. The van der Waals surface area contributed by atoms with Gasteiger partial charge in [0.2, 0.25) is 5.91 Å². The lowest BCUT2D eigenvalue weighted by Crippen LogP contribution is -2.44.